The minimum Gasteiger partial charge on any atom is -0.280 e. The van der Waals surface area contributed by atoms with Crippen molar-refractivity contribution in [1.29, 1.82) is 0 Å². The van der Waals surface area contributed by atoms with Gasteiger partial charge in [0, 0.05) is 28.6 Å². The van der Waals surface area contributed by atoms with Crippen molar-refractivity contribution in [2.75, 3.05) is 6.54 Å². The smallest absolute Gasteiger partial charge is 0.217 e. The van der Waals surface area contributed by atoms with Gasteiger partial charge >= 0.3 is 0 Å². The first-order valence-electron chi connectivity index (χ1n) is 7.50. The number of aromatic amines is 1. The molecule has 2 aromatic heterocycles. The minimum absolute atomic E-state index is 0.511. The van der Waals surface area contributed by atoms with E-state index in [2.05, 4.69) is 26.4 Å². The fourth-order valence-electron chi connectivity index (χ4n) is 2.88. The molecule has 1 aliphatic heterocycles. The summed E-state index contributed by atoms with van der Waals surface area (Å²) < 4.78 is 2.39. The summed E-state index contributed by atoms with van der Waals surface area (Å²) >= 11 is 19.6. The van der Waals surface area contributed by atoms with Crippen molar-refractivity contribution in [2.24, 2.45) is 0 Å². The number of H-pyrrole nitrogens is 1. The Labute approximate surface area is 158 Å². The number of nitrogens with one attached hydrogen (secondary N) is 1. The number of hydrogen-bond donors (Lipinski definition) is 1. The Morgan fingerprint density at radius 2 is 2.17 bits per heavy atom. The van der Waals surface area contributed by atoms with E-state index in [-0.39, 0.29) is 0 Å². The second kappa shape index (κ2) is 6.61. The summed E-state index contributed by atoms with van der Waals surface area (Å²) in [6.07, 6.45) is 1.08. The van der Waals surface area contributed by atoms with E-state index in [0.717, 1.165) is 25.1 Å². The zero-order chi connectivity index (χ0) is 16.7. The fourth-order valence-corrected chi connectivity index (χ4v) is 4.34. The highest BCUT2D eigenvalue weighted by molar-refractivity contribution is 7.71. The number of nitrogens with zero attached hydrogens (tertiary/aromatic N) is 3. The summed E-state index contributed by atoms with van der Waals surface area (Å²) in [6, 6.07) is 7.51. The summed E-state index contributed by atoms with van der Waals surface area (Å²) in [4.78, 5) is 8.28. The zero-order valence-corrected chi connectivity index (χ0v) is 15.8. The molecule has 0 radical (unpaired) electrons. The molecule has 1 N–H and O–H groups in total. The number of hydrogen-bond acceptors (Lipinski definition) is 4. The van der Waals surface area contributed by atoms with Crippen LogP contribution in [-0.2, 0) is 19.6 Å². The molecule has 0 saturated carbocycles. The summed E-state index contributed by atoms with van der Waals surface area (Å²) in [5.41, 5.74) is 2.17. The predicted octanol–water partition coefficient (Wildman–Crippen LogP) is 4.99. The van der Waals surface area contributed by atoms with Crippen LogP contribution in [-0.4, -0.2) is 26.2 Å². The fraction of sp³-hybridized carbons (Fsp3) is 0.250. The lowest BCUT2D eigenvalue weighted by molar-refractivity contribution is 0.190. The molecule has 124 valence electrons. The molecular weight excluding hydrogens is 383 g/mol. The Morgan fingerprint density at radius 3 is 3.04 bits per heavy atom. The molecule has 0 saturated heterocycles. The van der Waals surface area contributed by atoms with Crippen LogP contribution in [0.4, 0.5) is 0 Å². The highest BCUT2D eigenvalue weighted by Crippen LogP contribution is 2.28. The molecular formula is C16H14Cl2N4S2. The highest BCUT2D eigenvalue weighted by Gasteiger charge is 2.18. The normalized spacial score (nSPS) is 14.8. The number of halogens is 2. The van der Waals surface area contributed by atoms with Gasteiger partial charge in [-0.15, -0.1) is 11.3 Å². The molecule has 24 heavy (non-hydrogen) atoms. The van der Waals surface area contributed by atoms with Gasteiger partial charge in [0.25, 0.3) is 0 Å². The van der Waals surface area contributed by atoms with Gasteiger partial charge in [0.2, 0.25) is 4.77 Å². The van der Waals surface area contributed by atoms with E-state index >= 15 is 0 Å². The van der Waals surface area contributed by atoms with Crippen LogP contribution in [0.3, 0.4) is 0 Å². The number of aromatic nitrogens is 3. The molecule has 0 bridgehead atoms. The zero-order valence-electron chi connectivity index (χ0n) is 12.6. The molecule has 0 atom stereocenters. The van der Waals surface area contributed by atoms with Crippen LogP contribution in [0.1, 0.15) is 10.4 Å². The van der Waals surface area contributed by atoms with Gasteiger partial charge < -0.3 is 0 Å². The molecule has 1 aromatic carbocycles. The molecule has 0 spiro atoms. The molecule has 8 heteroatoms. The average molecular weight is 397 g/mol. The van der Waals surface area contributed by atoms with E-state index in [0.29, 0.717) is 27.3 Å². The lowest BCUT2D eigenvalue weighted by Gasteiger charge is -2.26. The summed E-state index contributed by atoms with van der Waals surface area (Å²) in [6.45, 7) is 2.63. The second-order valence-corrected chi connectivity index (χ2v) is 7.93. The maximum atomic E-state index is 6.26. The molecule has 0 unspecified atom stereocenters. The van der Waals surface area contributed by atoms with Crippen molar-refractivity contribution in [3.63, 3.8) is 0 Å². The van der Waals surface area contributed by atoms with Gasteiger partial charge in [-0.2, -0.15) is 4.98 Å². The van der Waals surface area contributed by atoms with Crippen molar-refractivity contribution < 1.29 is 0 Å². The van der Waals surface area contributed by atoms with Gasteiger partial charge in [-0.25, -0.2) is 4.68 Å². The Bertz CT molecular complexity index is 944. The van der Waals surface area contributed by atoms with Crippen molar-refractivity contribution in [1.82, 2.24) is 19.7 Å². The van der Waals surface area contributed by atoms with Crippen LogP contribution < -0.4 is 0 Å². The molecule has 3 aromatic rings. The van der Waals surface area contributed by atoms with Gasteiger partial charge in [0.1, 0.15) is 0 Å². The molecule has 1 aliphatic rings. The minimum atomic E-state index is 0.511. The van der Waals surface area contributed by atoms with Crippen LogP contribution in [0.25, 0.3) is 11.4 Å². The van der Waals surface area contributed by atoms with Crippen LogP contribution in [0.2, 0.25) is 10.0 Å². The first-order valence-corrected chi connectivity index (χ1v) is 9.54. The van der Waals surface area contributed by atoms with Crippen LogP contribution >= 0.6 is 46.8 Å². The Hall–Kier alpha value is -1.18. The number of rotatable bonds is 3. The second-order valence-electron chi connectivity index (χ2n) is 5.72. The van der Waals surface area contributed by atoms with Gasteiger partial charge in [0.05, 0.1) is 11.7 Å². The Morgan fingerprint density at radius 1 is 1.29 bits per heavy atom. The maximum absolute atomic E-state index is 6.26. The Kier molecular flexibility index (Phi) is 4.49. The largest absolute Gasteiger partial charge is 0.280 e. The van der Waals surface area contributed by atoms with Crippen LogP contribution in [0.5, 0.6) is 0 Å². The lowest BCUT2D eigenvalue weighted by atomic mass is 10.1. The quantitative estimate of drug-likeness (QED) is 0.633. The topological polar surface area (TPSA) is 36.9 Å². The van der Waals surface area contributed by atoms with Crippen LogP contribution in [0.15, 0.2) is 29.6 Å². The third-order valence-corrected chi connectivity index (χ3v) is 5.99. The van der Waals surface area contributed by atoms with Gasteiger partial charge in [-0.1, -0.05) is 23.2 Å². The average Bonchev–Trinajstić information content (AvgIpc) is 3.16. The van der Waals surface area contributed by atoms with Gasteiger partial charge in [-0.3, -0.25) is 10.00 Å². The maximum Gasteiger partial charge on any atom is 0.217 e. The van der Waals surface area contributed by atoms with Crippen molar-refractivity contribution in [3.05, 3.63) is 54.9 Å². The number of thiophene rings is 1. The highest BCUT2D eigenvalue weighted by atomic mass is 35.5. The molecule has 4 rings (SSSR count). The van der Waals surface area contributed by atoms with Crippen LogP contribution in [0, 0.1) is 4.77 Å². The predicted molar refractivity (Wildman–Crippen MR) is 101 cm³/mol. The van der Waals surface area contributed by atoms with E-state index in [9.17, 15) is 0 Å². The van der Waals surface area contributed by atoms with E-state index in [1.807, 2.05) is 16.0 Å². The van der Waals surface area contributed by atoms with Gasteiger partial charge in [-0.05, 0) is 53.8 Å². The standard InChI is InChI=1S/C16H14Cl2N4S2/c17-11-1-2-13(18)12(7-11)15-19-16(23)22(20-15)9-21-5-3-14-10(8-21)4-6-24-14/h1-2,4,6-7H,3,5,8-9H2,(H,19,20,23). The third kappa shape index (κ3) is 3.17. The van der Waals surface area contributed by atoms with Crippen molar-refractivity contribution in [2.45, 2.75) is 19.6 Å². The summed E-state index contributed by atoms with van der Waals surface area (Å²) in [7, 11) is 0. The summed E-state index contributed by atoms with van der Waals surface area (Å²) in [5, 5.41) is 6.62. The van der Waals surface area contributed by atoms with Crippen molar-refractivity contribution in [3.8, 4) is 11.4 Å². The van der Waals surface area contributed by atoms with E-state index in [1.54, 1.807) is 18.2 Å². The molecule has 3 heterocycles. The Balaban J connectivity index is 1.58. The number of benzene rings is 1. The monoisotopic (exact) mass is 396 g/mol. The van der Waals surface area contributed by atoms with E-state index in [1.165, 1.54) is 10.4 Å². The first kappa shape index (κ1) is 16.3. The summed E-state index contributed by atoms with van der Waals surface area (Å²) in [5.74, 6) is 0.640. The van der Waals surface area contributed by atoms with E-state index < -0.39 is 0 Å². The third-order valence-electron chi connectivity index (χ3n) is 4.09. The number of fused-ring (bicyclic) bond motifs is 1. The first-order chi connectivity index (χ1) is 11.6. The molecule has 4 nitrogen and oxygen atoms in total. The molecule has 0 amide bonds. The molecule has 0 fully saturated rings. The van der Waals surface area contributed by atoms with Gasteiger partial charge in [0.15, 0.2) is 5.82 Å². The SMILES string of the molecule is S=c1nc(-c2cc(Cl)ccc2Cl)[nH]n1CN1CCc2sccc2C1. The molecule has 0 aliphatic carbocycles. The van der Waals surface area contributed by atoms with Crippen molar-refractivity contribution >= 4 is 46.8 Å². The van der Waals surface area contributed by atoms with E-state index in [4.69, 9.17) is 35.4 Å². The lowest BCUT2D eigenvalue weighted by Crippen LogP contribution is -2.32.